The number of aromatic hydroxyl groups is 1. The highest BCUT2D eigenvalue weighted by Crippen LogP contribution is 2.36. The minimum absolute atomic E-state index is 0.0417. The average molecular weight is 389 g/mol. The van der Waals surface area contributed by atoms with E-state index >= 15 is 0 Å². The van der Waals surface area contributed by atoms with Crippen molar-refractivity contribution in [1.82, 2.24) is 4.98 Å². The normalized spacial score (nSPS) is 11.2. The van der Waals surface area contributed by atoms with Gasteiger partial charge in [-0.05, 0) is 49.5 Å². The molecule has 0 saturated heterocycles. The van der Waals surface area contributed by atoms with E-state index in [4.69, 9.17) is 12.2 Å². The second kappa shape index (κ2) is 6.47. The summed E-state index contributed by atoms with van der Waals surface area (Å²) < 4.78 is 0.890. The summed E-state index contributed by atoms with van der Waals surface area (Å²) in [5, 5.41) is 22.0. The molecule has 0 atom stereocenters. The van der Waals surface area contributed by atoms with E-state index in [2.05, 4.69) is 36.5 Å². The van der Waals surface area contributed by atoms with Crippen molar-refractivity contribution < 1.29 is 5.11 Å². The Balaban J connectivity index is 1.82. The summed E-state index contributed by atoms with van der Waals surface area (Å²) in [5.41, 5.74) is 3.13. The molecule has 0 aliphatic heterocycles. The van der Waals surface area contributed by atoms with Gasteiger partial charge < -0.3 is 15.4 Å². The average Bonchev–Trinajstić information content (AvgIpc) is 2.82. The molecule has 0 spiro atoms. The smallest absolute Gasteiger partial charge is 0.218 e. The molecule has 5 nitrogen and oxygen atoms in total. The van der Waals surface area contributed by atoms with Crippen LogP contribution in [0.25, 0.3) is 10.9 Å². The topological polar surface area (TPSA) is 72.8 Å². The van der Waals surface area contributed by atoms with Gasteiger partial charge >= 0.3 is 0 Å². The van der Waals surface area contributed by atoms with Gasteiger partial charge in [0.1, 0.15) is 0 Å². The van der Waals surface area contributed by atoms with Crippen molar-refractivity contribution in [1.29, 1.82) is 0 Å². The van der Waals surface area contributed by atoms with Gasteiger partial charge in [0.25, 0.3) is 0 Å². The molecule has 3 aromatic rings. The Bertz CT molecular complexity index is 902. The number of aryl methyl sites for hydroxylation is 1. The molecule has 1 aromatic heterocycles. The number of H-pyrrole nitrogens is 1. The zero-order chi connectivity index (χ0) is 16.4. The first kappa shape index (κ1) is 15.6. The summed E-state index contributed by atoms with van der Waals surface area (Å²) in [6, 6.07) is 13.4. The van der Waals surface area contributed by atoms with E-state index < -0.39 is 0 Å². The van der Waals surface area contributed by atoms with Crippen LogP contribution < -0.4 is 5.32 Å². The van der Waals surface area contributed by atoms with Crippen molar-refractivity contribution in [3.8, 4) is 5.88 Å². The highest BCUT2D eigenvalue weighted by Gasteiger charge is 2.10. The van der Waals surface area contributed by atoms with Gasteiger partial charge in [0, 0.05) is 15.5 Å². The number of aromatic amines is 1. The summed E-state index contributed by atoms with van der Waals surface area (Å²) in [4.78, 5) is 2.85. The lowest BCUT2D eigenvalue weighted by Crippen LogP contribution is -2.04. The van der Waals surface area contributed by atoms with Crippen LogP contribution in [0.15, 0.2) is 57.2 Å². The maximum atomic E-state index is 9.97. The van der Waals surface area contributed by atoms with Crippen LogP contribution in [0.1, 0.15) is 5.56 Å². The SMILES string of the molecule is Cc1ccc(NC(=S)N=Nc2c(O)[nH]c3ccc(Br)cc23)cc1. The molecule has 2 aromatic carbocycles. The number of benzene rings is 2. The fraction of sp³-hybridized carbons (Fsp3) is 0.0625. The summed E-state index contributed by atoms with van der Waals surface area (Å²) in [6.45, 7) is 2.01. The minimum Gasteiger partial charge on any atom is -0.493 e. The van der Waals surface area contributed by atoms with Gasteiger partial charge in [-0.2, -0.15) is 0 Å². The number of hydrogen-bond donors (Lipinski definition) is 3. The maximum Gasteiger partial charge on any atom is 0.218 e. The quantitative estimate of drug-likeness (QED) is 0.405. The third kappa shape index (κ3) is 3.57. The molecule has 0 saturated carbocycles. The van der Waals surface area contributed by atoms with Gasteiger partial charge in [0.2, 0.25) is 11.0 Å². The number of halogens is 1. The van der Waals surface area contributed by atoms with Gasteiger partial charge in [-0.1, -0.05) is 33.6 Å². The third-order valence-corrected chi connectivity index (χ3v) is 3.93. The largest absolute Gasteiger partial charge is 0.493 e. The predicted octanol–water partition coefficient (Wildman–Crippen LogP) is 5.43. The molecule has 0 unspecified atom stereocenters. The lowest BCUT2D eigenvalue weighted by molar-refractivity contribution is 0.459. The molecule has 3 N–H and O–H groups in total. The van der Waals surface area contributed by atoms with Crippen molar-refractivity contribution in [2.45, 2.75) is 6.92 Å². The molecule has 1 heterocycles. The van der Waals surface area contributed by atoms with Crippen LogP contribution >= 0.6 is 28.1 Å². The van der Waals surface area contributed by atoms with E-state index in [1.807, 2.05) is 49.4 Å². The summed E-state index contributed by atoms with van der Waals surface area (Å²) in [7, 11) is 0. The Labute approximate surface area is 146 Å². The van der Waals surface area contributed by atoms with Gasteiger partial charge in [-0.15, -0.1) is 10.2 Å². The molecule has 116 valence electrons. The number of hydrogen-bond acceptors (Lipinski definition) is 3. The number of nitrogens with zero attached hydrogens (tertiary/aromatic N) is 2. The van der Waals surface area contributed by atoms with Crippen molar-refractivity contribution in [2.24, 2.45) is 10.2 Å². The number of aromatic nitrogens is 1. The second-order valence-electron chi connectivity index (χ2n) is 5.01. The monoisotopic (exact) mass is 388 g/mol. The van der Waals surface area contributed by atoms with E-state index in [1.54, 1.807) is 0 Å². The lowest BCUT2D eigenvalue weighted by atomic mass is 10.2. The molecular weight excluding hydrogens is 376 g/mol. The first-order valence-corrected chi connectivity index (χ1v) is 8.02. The molecule has 0 aliphatic rings. The van der Waals surface area contributed by atoms with E-state index in [1.165, 1.54) is 0 Å². The number of rotatable bonds is 2. The lowest BCUT2D eigenvalue weighted by Gasteiger charge is -2.03. The highest BCUT2D eigenvalue weighted by molar-refractivity contribution is 9.10. The Hall–Kier alpha value is -2.25. The Morgan fingerprint density at radius 2 is 1.96 bits per heavy atom. The fourth-order valence-corrected chi connectivity index (χ4v) is 2.64. The molecule has 0 amide bonds. The van der Waals surface area contributed by atoms with Crippen molar-refractivity contribution in [3.63, 3.8) is 0 Å². The molecule has 0 aliphatic carbocycles. The standard InChI is InChI=1S/C16H13BrN4OS/c1-9-2-5-11(6-3-9)18-16(23)21-20-14-12-8-10(17)4-7-13(12)19-15(14)22/h2-8,19,22H,1H3,(H,18,23). The molecule has 0 fully saturated rings. The second-order valence-corrected chi connectivity index (χ2v) is 6.31. The zero-order valence-corrected chi connectivity index (χ0v) is 14.6. The first-order chi connectivity index (χ1) is 11.0. The first-order valence-electron chi connectivity index (χ1n) is 6.82. The molecule has 3 rings (SSSR count). The minimum atomic E-state index is -0.0417. The van der Waals surface area contributed by atoms with Crippen molar-refractivity contribution in [3.05, 3.63) is 52.5 Å². The third-order valence-electron chi connectivity index (χ3n) is 3.26. The molecule has 0 radical (unpaired) electrons. The van der Waals surface area contributed by atoms with Gasteiger partial charge in [0.05, 0.1) is 5.52 Å². The van der Waals surface area contributed by atoms with E-state index in [0.717, 1.165) is 26.6 Å². The maximum absolute atomic E-state index is 9.97. The van der Waals surface area contributed by atoms with E-state index in [0.29, 0.717) is 5.69 Å². The number of azo groups is 1. The molecule has 7 heteroatoms. The number of thiocarbonyl (C=S) groups is 1. The number of anilines is 1. The van der Waals surface area contributed by atoms with Crippen LogP contribution in [0.4, 0.5) is 11.4 Å². The fourth-order valence-electron chi connectivity index (χ4n) is 2.12. The van der Waals surface area contributed by atoms with Gasteiger partial charge in [-0.25, -0.2) is 0 Å². The van der Waals surface area contributed by atoms with Crippen LogP contribution in [0.2, 0.25) is 0 Å². The summed E-state index contributed by atoms with van der Waals surface area (Å²) in [5.74, 6) is -0.0417. The van der Waals surface area contributed by atoms with Crippen LogP contribution in [0.5, 0.6) is 5.88 Å². The summed E-state index contributed by atoms with van der Waals surface area (Å²) >= 11 is 8.56. The van der Waals surface area contributed by atoms with Crippen LogP contribution in [-0.2, 0) is 0 Å². The zero-order valence-electron chi connectivity index (χ0n) is 12.2. The van der Waals surface area contributed by atoms with E-state index in [-0.39, 0.29) is 11.0 Å². The van der Waals surface area contributed by atoms with Crippen LogP contribution in [0.3, 0.4) is 0 Å². The number of fused-ring (bicyclic) bond motifs is 1. The number of nitrogens with one attached hydrogen (secondary N) is 2. The summed E-state index contributed by atoms with van der Waals surface area (Å²) in [6.07, 6.45) is 0. The van der Waals surface area contributed by atoms with Crippen molar-refractivity contribution in [2.75, 3.05) is 5.32 Å². The Morgan fingerprint density at radius 1 is 1.22 bits per heavy atom. The Morgan fingerprint density at radius 3 is 2.70 bits per heavy atom. The molecular formula is C16H13BrN4OS. The van der Waals surface area contributed by atoms with Gasteiger partial charge in [-0.3, -0.25) is 0 Å². The molecule has 0 bridgehead atoms. The van der Waals surface area contributed by atoms with Crippen LogP contribution in [0, 0.1) is 6.92 Å². The van der Waals surface area contributed by atoms with Gasteiger partial charge in [0.15, 0.2) is 5.69 Å². The predicted molar refractivity (Wildman–Crippen MR) is 99.6 cm³/mol. The van der Waals surface area contributed by atoms with Crippen molar-refractivity contribution >= 4 is 55.5 Å². The highest BCUT2D eigenvalue weighted by atomic mass is 79.9. The molecule has 23 heavy (non-hydrogen) atoms. The van der Waals surface area contributed by atoms with Crippen LogP contribution in [-0.4, -0.2) is 15.2 Å². The Kier molecular flexibility index (Phi) is 4.40. The van der Waals surface area contributed by atoms with E-state index in [9.17, 15) is 5.11 Å².